The number of hydrogen-bond donors (Lipinski definition) is 2. The quantitative estimate of drug-likeness (QED) is 0.777. The second-order valence-electron chi connectivity index (χ2n) is 4.73. The lowest BCUT2D eigenvalue weighted by molar-refractivity contribution is 0.237. The van der Waals surface area contributed by atoms with Gasteiger partial charge in [0, 0.05) is 19.1 Å². The van der Waals surface area contributed by atoms with Gasteiger partial charge in [-0.3, -0.25) is 0 Å². The number of carbonyl (C=O) groups is 1. The largest absolute Gasteiger partial charge is 0.468 e. The Morgan fingerprint density at radius 1 is 1.45 bits per heavy atom. The standard InChI is InChI=1S/C12H21N3O4S/c1-10(2)14-12(16)13-6-7-15(20(3,17)18)9-11-5-4-8-19-11/h4-5,8,10H,6-7,9H2,1-3H3,(H2,13,14,16). The molecule has 0 fully saturated rings. The van der Waals surface area contributed by atoms with Crippen molar-refractivity contribution in [2.75, 3.05) is 19.3 Å². The summed E-state index contributed by atoms with van der Waals surface area (Å²) in [6, 6.07) is 3.12. The molecule has 0 aliphatic heterocycles. The third-order valence-corrected chi connectivity index (χ3v) is 3.70. The minimum atomic E-state index is -3.36. The lowest BCUT2D eigenvalue weighted by Gasteiger charge is -2.19. The van der Waals surface area contributed by atoms with E-state index in [9.17, 15) is 13.2 Å². The monoisotopic (exact) mass is 303 g/mol. The molecule has 0 aliphatic carbocycles. The smallest absolute Gasteiger partial charge is 0.315 e. The lowest BCUT2D eigenvalue weighted by Crippen LogP contribution is -2.43. The number of carbonyl (C=O) groups excluding carboxylic acids is 1. The molecule has 0 spiro atoms. The van der Waals surface area contributed by atoms with E-state index in [0.29, 0.717) is 5.76 Å². The van der Waals surface area contributed by atoms with Crippen molar-refractivity contribution in [2.45, 2.75) is 26.4 Å². The number of rotatable bonds is 7. The summed E-state index contributed by atoms with van der Waals surface area (Å²) in [5.74, 6) is 0.557. The molecule has 8 heteroatoms. The number of furan rings is 1. The van der Waals surface area contributed by atoms with Gasteiger partial charge in [0.1, 0.15) is 5.76 Å². The Morgan fingerprint density at radius 3 is 2.65 bits per heavy atom. The molecule has 0 saturated carbocycles. The average Bonchev–Trinajstić information content (AvgIpc) is 2.78. The van der Waals surface area contributed by atoms with Crippen molar-refractivity contribution in [3.8, 4) is 0 Å². The SMILES string of the molecule is CC(C)NC(=O)NCCN(Cc1ccco1)S(C)(=O)=O. The summed E-state index contributed by atoms with van der Waals surface area (Å²) >= 11 is 0. The maximum atomic E-state index is 11.7. The van der Waals surface area contributed by atoms with E-state index in [1.165, 1.54) is 10.6 Å². The summed E-state index contributed by atoms with van der Waals surface area (Å²) in [6.07, 6.45) is 2.62. The van der Waals surface area contributed by atoms with Crippen molar-refractivity contribution in [1.29, 1.82) is 0 Å². The zero-order valence-electron chi connectivity index (χ0n) is 11.9. The molecule has 1 aromatic heterocycles. The van der Waals surface area contributed by atoms with E-state index in [1.807, 2.05) is 13.8 Å². The molecule has 20 heavy (non-hydrogen) atoms. The number of urea groups is 1. The summed E-state index contributed by atoms with van der Waals surface area (Å²) in [4.78, 5) is 11.4. The van der Waals surface area contributed by atoms with Gasteiger partial charge in [-0.2, -0.15) is 4.31 Å². The van der Waals surface area contributed by atoms with Crippen molar-refractivity contribution in [3.05, 3.63) is 24.2 Å². The lowest BCUT2D eigenvalue weighted by atomic mass is 10.4. The van der Waals surface area contributed by atoms with Crippen LogP contribution in [-0.4, -0.2) is 44.1 Å². The molecule has 7 nitrogen and oxygen atoms in total. The molecule has 114 valence electrons. The summed E-state index contributed by atoms with van der Waals surface area (Å²) in [5, 5.41) is 5.27. The first kappa shape index (κ1) is 16.5. The zero-order chi connectivity index (χ0) is 15.2. The van der Waals surface area contributed by atoms with Gasteiger partial charge in [-0.05, 0) is 26.0 Å². The Bertz CT molecular complexity index is 511. The van der Waals surface area contributed by atoms with E-state index in [1.54, 1.807) is 12.1 Å². The fourth-order valence-corrected chi connectivity index (χ4v) is 2.33. The van der Waals surface area contributed by atoms with Gasteiger partial charge in [0.05, 0.1) is 19.1 Å². The van der Waals surface area contributed by atoms with Crippen LogP contribution in [0.25, 0.3) is 0 Å². The molecule has 1 rings (SSSR count). The molecule has 0 bridgehead atoms. The summed E-state index contributed by atoms with van der Waals surface area (Å²) in [5.41, 5.74) is 0. The Hall–Kier alpha value is -1.54. The van der Waals surface area contributed by atoms with Crippen LogP contribution in [0, 0.1) is 0 Å². The van der Waals surface area contributed by atoms with E-state index >= 15 is 0 Å². The van der Waals surface area contributed by atoms with E-state index < -0.39 is 10.0 Å². The molecule has 0 saturated heterocycles. The maximum Gasteiger partial charge on any atom is 0.315 e. The van der Waals surface area contributed by atoms with Gasteiger partial charge in [0.2, 0.25) is 10.0 Å². The Kier molecular flexibility index (Phi) is 6.03. The van der Waals surface area contributed by atoms with E-state index in [0.717, 1.165) is 6.26 Å². The fourth-order valence-electron chi connectivity index (χ4n) is 1.55. The van der Waals surface area contributed by atoms with Crippen LogP contribution in [0.1, 0.15) is 19.6 Å². The maximum absolute atomic E-state index is 11.7. The third-order valence-electron chi connectivity index (χ3n) is 2.45. The summed E-state index contributed by atoms with van der Waals surface area (Å²) in [6.45, 7) is 4.26. The number of hydrogen-bond acceptors (Lipinski definition) is 4. The number of amides is 2. The van der Waals surface area contributed by atoms with Gasteiger partial charge in [-0.1, -0.05) is 0 Å². The minimum Gasteiger partial charge on any atom is -0.468 e. The van der Waals surface area contributed by atoms with Crippen LogP contribution >= 0.6 is 0 Å². The number of nitrogens with zero attached hydrogens (tertiary/aromatic N) is 1. The molecular weight excluding hydrogens is 282 g/mol. The second-order valence-corrected chi connectivity index (χ2v) is 6.71. The molecule has 2 N–H and O–H groups in total. The van der Waals surface area contributed by atoms with Crippen LogP contribution in [0.2, 0.25) is 0 Å². The Labute approximate surface area is 119 Å². The summed E-state index contributed by atoms with van der Waals surface area (Å²) < 4.78 is 29.7. The average molecular weight is 303 g/mol. The predicted octanol–water partition coefficient (Wildman–Crippen LogP) is 0.749. The molecule has 0 unspecified atom stereocenters. The zero-order valence-corrected chi connectivity index (χ0v) is 12.7. The van der Waals surface area contributed by atoms with Crippen LogP contribution < -0.4 is 10.6 Å². The van der Waals surface area contributed by atoms with E-state index in [-0.39, 0.29) is 31.7 Å². The molecule has 0 aromatic carbocycles. The molecule has 0 radical (unpaired) electrons. The van der Waals surface area contributed by atoms with Gasteiger partial charge in [0.25, 0.3) is 0 Å². The third kappa shape index (κ3) is 6.07. The number of sulfonamides is 1. The Balaban J connectivity index is 2.48. The predicted molar refractivity (Wildman–Crippen MR) is 75.6 cm³/mol. The van der Waals surface area contributed by atoms with Gasteiger partial charge < -0.3 is 15.1 Å². The van der Waals surface area contributed by atoms with Crippen LogP contribution in [0.5, 0.6) is 0 Å². The molecule has 1 aromatic rings. The highest BCUT2D eigenvalue weighted by Crippen LogP contribution is 2.08. The highest BCUT2D eigenvalue weighted by Gasteiger charge is 2.18. The molecule has 0 atom stereocenters. The highest BCUT2D eigenvalue weighted by molar-refractivity contribution is 7.88. The number of nitrogens with one attached hydrogen (secondary N) is 2. The van der Waals surface area contributed by atoms with Crippen molar-refractivity contribution >= 4 is 16.1 Å². The second kappa shape index (κ2) is 7.30. The van der Waals surface area contributed by atoms with Crippen molar-refractivity contribution in [2.24, 2.45) is 0 Å². The molecule has 2 amide bonds. The van der Waals surface area contributed by atoms with Gasteiger partial charge in [-0.15, -0.1) is 0 Å². The van der Waals surface area contributed by atoms with Crippen molar-refractivity contribution in [3.63, 3.8) is 0 Å². The molecule has 0 aliphatic rings. The van der Waals surface area contributed by atoms with Crippen LogP contribution in [-0.2, 0) is 16.6 Å². The van der Waals surface area contributed by atoms with Crippen molar-refractivity contribution < 1.29 is 17.6 Å². The van der Waals surface area contributed by atoms with Gasteiger partial charge >= 0.3 is 6.03 Å². The minimum absolute atomic E-state index is 0.0316. The van der Waals surface area contributed by atoms with Gasteiger partial charge in [0.15, 0.2) is 0 Å². The first-order valence-corrected chi connectivity index (χ1v) is 8.15. The molecular formula is C12H21N3O4S. The van der Waals surface area contributed by atoms with Crippen molar-refractivity contribution in [1.82, 2.24) is 14.9 Å². The Morgan fingerprint density at radius 2 is 2.15 bits per heavy atom. The first-order valence-electron chi connectivity index (χ1n) is 6.31. The van der Waals surface area contributed by atoms with Crippen LogP contribution in [0.4, 0.5) is 4.79 Å². The topological polar surface area (TPSA) is 91.7 Å². The van der Waals surface area contributed by atoms with Gasteiger partial charge in [-0.25, -0.2) is 13.2 Å². The normalized spacial score (nSPS) is 11.8. The van der Waals surface area contributed by atoms with Crippen LogP contribution in [0.3, 0.4) is 0 Å². The van der Waals surface area contributed by atoms with E-state index in [4.69, 9.17) is 4.42 Å². The molecule has 1 heterocycles. The fraction of sp³-hybridized carbons (Fsp3) is 0.583. The summed E-state index contributed by atoms with van der Waals surface area (Å²) in [7, 11) is -3.36. The van der Waals surface area contributed by atoms with E-state index in [2.05, 4.69) is 10.6 Å². The highest BCUT2D eigenvalue weighted by atomic mass is 32.2. The van der Waals surface area contributed by atoms with Crippen LogP contribution in [0.15, 0.2) is 22.8 Å². The first-order chi connectivity index (χ1) is 9.29.